The molecule has 1 saturated heterocycles. The van der Waals surface area contributed by atoms with E-state index < -0.39 is 5.97 Å². The summed E-state index contributed by atoms with van der Waals surface area (Å²) in [5.41, 5.74) is 1.26. The first-order valence-corrected chi connectivity index (χ1v) is 6.95. The first-order valence-electron chi connectivity index (χ1n) is 5.27. The van der Waals surface area contributed by atoms with Crippen molar-refractivity contribution in [3.63, 3.8) is 0 Å². The number of halogens is 1. The van der Waals surface area contributed by atoms with Gasteiger partial charge in [0.1, 0.15) is 0 Å². The topological polar surface area (TPSA) is 40.5 Å². The standard InChI is InChI=1S/C11H14BrNO2S/c1-7-9(11(14)15)2-3-13(7)5-8-4-10(12)16-6-8/h4,6-7,9H,2-3,5H2,1H3,(H,14,15). The van der Waals surface area contributed by atoms with Crippen molar-refractivity contribution in [1.29, 1.82) is 0 Å². The van der Waals surface area contributed by atoms with E-state index in [4.69, 9.17) is 5.11 Å². The number of hydrogen-bond acceptors (Lipinski definition) is 3. The molecule has 1 aliphatic heterocycles. The smallest absolute Gasteiger partial charge is 0.308 e. The lowest BCUT2D eigenvalue weighted by atomic mass is 10.0. The second kappa shape index (κ2) is 4.85. The summed E-state index contributed by atoms with van der Waals surface area (Å²) >= 11 is 5.11. The Kier molecular flexibility index (Phi) is 3.66. The lowest BCUT2D eigenvalue weighted by Crippen LogP contribution is -2.32. The molecule has 0 radical (unpaired) electrons. The molecule has 0 aliphatic carbocycles. The minimum Gasteiger partial charge on any atom is -0.481 e. The van der Waals surface area contributed by atoms with Crippen LogP contribution in [-0.2, 0) is 11.3 Å². The maximum atomic E-state index is 11.0. The van der Waals surface area contributed by atoms with Crippen LogP contribution in [0.5, 0.6) is 0 Å². The number of thiophene rings is 1. The van der Waals surface area contributed by atoms with E-state index in [2.05, 4.69) is 32.3 Å². The van der Waals surface area contributed by atoms with Gasteiger partial charge in [-0.25, -0.2) is 0 Å². The van der Waals surface area contributed by atoms with Gasteiger partial charge in [0.2, 0.25) is 0 Å². The fourth-order valence-corrected chi connectivity index (χ4v) is 3.42. The van der Waals surface area contributed by atoms with Crippen molar-refractivity contribution < 1.29 is 9.90 Å². The first-order chi connectivity index (χ1) is 7.58. The fourth-order valence-electron chi connectivity index (χ4n) is 2.22. The maximum Gasteiger partial charge on any atom is 0.308 e. The van der Waals surface area contributed by atoms with Gasteiger partial charge in [-0.3, -0.25) is 9.69 Å². The van der Waals surface area contributed by atoms with Gasteiger partial charge < -0.3 is 5.11 Å². The average Bonchev–Trinajstić information content (AvgIpc) is 2.76. The summed E-state index contributed by atoms with van der Waals surface area (Å²) < 4.78 is 1.13. The fraction of sp³-hybridized carbons (Fsp3) is 0.545. The van der Waals surface area contributed by atoms with Gasteiger partial charge >= 0.3 is 5.97 Å². The van der Waals surface area contributed by atoms with E-state index in [1.165, 1.54) is 5.56 Å². The van der Waals surface area contributed by atoms with Crippen LogP contribution in [0.4, 0.5) is 0 Å². The zero-order chi connectivity index (χ0) is 11.7. The largest absolute Gasteiger partial charge is 0.481 e. The van der Waals surface area contributed by atoms with E-state index in [-0.39, 0.29) is 12.0 Å². The molecule has 5 heteroatoms. The number of carboxylic acid groups (broad SMARTS) is 1. The van der Waals surface area contributed by atoms with Gasteiger partial charge in [-0.2, -0.15) is 0 Å². The summed E-state index contributed by atoms with van der Waals surface area (Å²) in [6, 6.07) is 2.24. The Hall–Kier alpha value is -0.390. The van der Waals surface area contributed by atoms with Gasteiger partial charge in [0.15, 0.2) is 0 Å². The number of hydrogen-bond donors (Lipinski definition) is 1. The normalized spacial score (nSPS) is 26.1. The van der Waals surface area contributed by atoms with E-state index in [1.807, 2.05) is 6.92 Å². The highest BCUT2D eigenvalue weighted by Gasteiger charge is 2.35. The van der Waals surface area contributed by atoms with E-state index in [9.17, 15) is 4.79 Å². The third-order valence-electron chi connectivity index (χ3n) is 3.21. The molecule has 1 fully saturated rings. The van der Waals surface area contributed by atoms with Gasteiger partial charge in [0.25, 0.3) is 0 Å². The minimum atomic E-state index is -0.665. The molecule has 1 aromatic heterocycles. The number of rotatable bonds is 3. The highest BCUT2D eigenvalue weighted by Crippen LogP contribution is 2.28. The van der Waals surface area contributed by atoms with Crippen molar-refractivity contribution in [2.75, 3.05) is 6.54 Å². The van der Waals surface area contributed by atoms with E-state index >= 15 is 0 Å². The third-order valence-corrected chi connectivity index (χ3v) is 4.76. The minimum absolute atomic E-state index is 0.135. The molecular weight excluding hydrogens is 290 g/mol. The molecule has 0 bridgehead atoms. The third kappa shape index (κ3) is 2.47. The number of nitrogens with zero attached hydrogens (tertiary/aromatic N) is 1. The van der Waals surface area contributed by atoms with Gasteiger partial charge in [-0.1, -0.05) is 0 Å². The van der Waals surface area contributed by atoms with Crippen LogP contribution in [0, 0.1) is 5.92 Å². The van der Waals surface area contributed by atoms with Crippen LogP contribution < -0.4 is 0 Å². The Balaban J connectivity index is 2.00. The van der Waals surface area contributed by atoms with Gasteiger partial charge in [-0.05, 0) is 52.8 Å². The van der Waals surface area contributed by atoms with Crippen molar-refractivity contribution in [3.8, 4) is 0 Å². The average molecular weight is 304 g/mol. The molecule has 3 nitrogen and oxygen atoms in total. The van der Waals surface area contributed by atoms with Gasteiger partial charge in [0.05, 0.1) is 9.70 Å². The SMILES string of the molecule is CC1C(C(=O)O)CCN1Cc1csc(Br)c1. The number of carbonyl (C=O) groups is 1. The van der Waals surface area contributed by atoms with Crippen molar-refractivity contribution >= 4 is 33.2 Å². The molecule has 0 aromatic carbocycles. The Labute approximate surface area is 107 Å². The van der Waals surface area contributed by atoms with E-state index in [1.54, 1.807) is 11.3 Å². The van der Waals surface area contributed by atoms with Gasteiger partial charge in [-0.15, -0.1) is 11.3 Å². The molecule has 1 N–H and O–H groups in total. The van der Waals surface area contributed by atoms with Crippen LogP contribution in [0.3, 0.4) is 0 Å². The quantitative estimate of drug-likeness (QED) is 0.933. The summed E-state index contributed by atoms with van der Waals surface area (Å²) in [6.07, 6.45) is 0.766. The van der Waals surface area contributed by atoms with Crippen LogP contribution in [0.1, 0.15) is 18.9 Å². The summed E-state index contributed by atoms with van der Waals surface area (Å²) in [5.74, 6) is -0.872. The predicted octanol–water partition coefficient (Wildman–Crippen LogP) is 2.81. The zero-order valence-corrected chi connectivity index (χ0v) is 11.4. The maximum absolute atomic E-state index is 11.0. The lowest BCUT2D eigenvalue weighted by molar-refractivity contribution is -0.142. The molecule has 0 spiro atoms. The monoisotopic (exact) mass is 303 g/mol. The van der Waals surface area contributed by atoms with Crippen molar-refractivity contribution in [1.82, 2.24) is 4.90 Å². The molecule has 16 heavy (non-hydrogen) atoms. The highest BCUT2D eigenvalue weighted by atomic mass is 79.9. The van der Waals surface area contributed by atoms with Gasteiger partial charge in [0, 0.05) is 12.6 Å². The Morgan fingerprint density at radius 1 is 1.75 bits per heavy atom. The lowest BCUT2D eigenvalue weighted by Gasteiger charge is -2.22. The van der Waals surface area contributed by atoms with E-state index in [0.29, 0.717) is 0 Å². The second-order valence-electron chi connectivity index (χ2n) is 4.20. The predicted molar refractivity (Wildman–Crippen MR) is 67.6 cm³/mol. The molecule has 1 aromatic rings. The molecule has 2 unspecified atom stereocenters. The van der Waals surface area contributed by atoms with Crippen LogP contribution in [-0.4, -0.2) is 28.6 Å². The zero-order valence-electron chi connectivity index (χ0n) is 9.02. The molecule has 2 rings (SSSR count). The molecule has 1 aliphatic rings. The first kappa shape index (κ1) is 12.1. The summed E-state index contributed by atoms with van der Waals surface area (Å²) in [6.45, 7) is 3.74. The number of aliphatic carboxylic acids is 1. The van der Waals surface area contributed by atoms with Crippen molar-refractivity contribution in [2.24, 2.45) is 5.92 Å². The molecular formula is C11H14BrNO2S. The molecule has 0 saturated carbocycles. The summed E-state index contributed by atoms with van der Waals surface area (Å²) in [4.78, 5) is 13.2. The number of likely N-dealkylation sites (tertiary alicyclic amines) is 1. The molecule has 2 atom stereocenters. The molecule has 88 valence electrons. The Morgan fingerprint density at radius 2 is 2.50 bits per heavy atom. The van der Waals surface area contributed by atoms with Crippen molar-refractivity contribution in [2.45, 2.75) is 25.9 Å². The highest BCUT2D eigenvalue weighted by molar-refractivity contribution is 9.11. The second-order valence-corrected chi connectivity index (χ2v) is 6.49. The summed E-state index contributed by atoms with van der Waals surface area (Å²) in [7, 11) is 0. The number of carboxylic acids is 1. The summed E-state index contributed by atoms with van der Waals surface area (Å²) in [5, 5.41) is 11.2. The Bertz CT molecular complexity index is 393. The van der Waals surface area contributed by atoms with Crippen LogP contribution in [0.2, 0.25) is 0 Å². The van der Waals surface area contributed by atoms with E-state index in [0.717, 1.165) is 23.3 Å². The van der Waals surface area contributed by atoms with Crippen LogP contribution in [0.25, 0.3) is 0 Å². The Morgan fingerprint density at radius 3 is 3.00 bits per heavy atom. The van der Waals surface area contributed by atoms with Crippen LogP contribution in [0.15, 0.2) is 15.2 Å². The van der Waals surface area contributed by atoms with Crippen LogP contribution >= 0.6 is 27.3 Å². The molecule has 2 heterocycles. The molecule has 0 amide bonds. The van der Waals surface area contributed by atoms with Crippen molar-refractivity contribution in [3.05, 3.63) is 20.8 Å².